The lowest BCUT2D eigenvalue weighted by molar-refractivity contribution is -0.359. The number of amides is 1. The molecular weight excluding hydrogens is 1040 g/mol. The van der Waals surface area contributed by atoms with Crippen LogP contribution >= 0.6 is 0 Å². The Hall–Kier alpha value is -2.57. The van der Waals surface area contributed by atoms with Gasteiger partial charge in [0.2, 0.25) is 5.91 Å². The Morgan fingerprint density at radius 1 is 0.451 bits per heavy atom. The van der Waals surface area contributed by atoms with Crippen molar-refractivity contribution in [2.45, 2.75) is 331 Å². The van der Waals surface area contributed by atoms with Gasteiger partial charge >= 0.3 is 0 Å². The van der Waals surface area contributed by atoms with E-state index in [-0.39, 0.29) is 18.9 Å². The quantitative estimate of drug-likeness (QED) is 0.0204. The van der Waals surface area contributed by atoms with Gasteiger partial charge in [-0.1, -0.05) is 254 Å². The summed E-state index contributed by atoms with van der Waals surface area (Å²) < 4.78 is 22.7. The molecule has 12 atom stereocenters. The number of hydrogen-bond donors (Lipinski definition) is 9. The molecular formula is C68H121NO13. The molecule has 14 nitrogen and oxygen atoms in total. The Balaban J connectivity index is 1.68. The maximum atomic E-state index is 13.2. The summed E-state index contributed by atoms with van der Waals surface area (Å²) in [6, 6.07) is -0.958. The van der Waals surface area contributed by atoms with Crippen LogP contribution in [0.25, 0.3) is 0 Å². The molecule has 0 aliphatic carbocycles. The number of unbranched alkanes of at least 4 members (excludes halogenated alkanes) is 30. The average Bonchev–Trinajstić information content (AvgIpc) is 3.53. The van der Waals surface area contributed by atoms with Crippen LogP contribution < -0.4 is 5.32 Å². The molecule has 2 fully saturated rings. The van der Waals surface area contributed by atoms with Crippen LogP contribution in [0.1, 0.15) is 258 Å². The largest absolute Gasteiger partial charge is 0.394 e. The number of hydrogen-bond acceptors (Lipinski definition) is 13. The van der Waals surface area contributed by atoms with Crippen molar-refractivity contribution >= 4 is 5.91 Å². The molecule has 0 aromatic heterocycles. The van der Waals surface area contributed by atoms with Crippen LogP contribution in [-0.4, -0.2) is 140 Å². The molecule has 2 saturated heterocycles. The van der Waals surface area contributed by atoms with E-state index in [4.69, 9.17) is 18.9 Å². The van der Waals surface area contributed by atoms with Gasteiger partial charge < -0.3 is 65.1 Å². The summed E-state index contributed by atoms with van der Waals surface area (Å²) in [7, 11) is 0. The fraction of sp³-hybridized carbons (Fsp3) is 0.809. The molecule has 2 aliphatic heterocycles. The molecule has 2 aliphatic rings. The molecule has 0 bridgehead atoms. The standard InChI is InChI=1S/C68H121NO13/c1-3-5-7-9-11-13-15-17-19-20-21-22-23-24-25-26-27-28-29-30-31-32-33-34-35-36-38-39-41-43-45-47-49-51-57(72)56(69-60(73)52-50-48-46-44-42-40-37-18-16-14-12-10-8-6-4-2)55-79-67-65(78)63(76)66(59(54-71)81-67)82-68-64(77)62(75)61(74)58(53-70)80-68/h6,8,12,14,18,37,41-44,49,51,56-59,61-68,70-72,74-78H,3-5,7,9-11,13,15-17,19-36,38-40,45-48,50,52-55H2,1-2H3,(H,69,73)/b8-6-,14-12-,37-18-,43-41+,44-42-,51-49+. The molecule has 2 heterocycles. The summed E-state index contributed by atoms with van der Waals surface area (Å²) in [4.78, 5) is 13.2. The number of carbonyl (C=O) groups excluding carboxylic acids is 1. The van der Waals surface area contributed by atoms with Gasteiger partial charge in [0.05, 0.1) is 32.0 Å². The van der Waals surface area contributed by atoms with Gasteiger partial charge in [-0.2, -0.15) is 0 Å². The first-order chi connectivity index (χ1) is 40.1. The van der Waals surface area contributed by atoms with Gasteiger partial charge in [0, 0.05) is 6.42 Å². The first-order valence-electron chi connectivity index (χ1n) is 33.2. The predicted octanol–water partition coefficient (Wildman–Crippen LogP) is 12.7. The third-order valence-electron chi connectivity index (χ3n) is 15.9. The molecule has 82 heavy (non-hydrogen) atoms. The molecule has 9 N–H and O–H groups in total. The molecule has 0 aromatic carbocycles. The van der Waals surface area contributed by atoms with Gasteiger partial charge in [0.15, 0.2) is 12.6 Å². The van der Waals surface area contributed by atoms with Crippen molar-refractivity contribution in [3.05, 3.63) is 72.9 Å². The van der Waals surface area contributed by atoms with E-state index in [2.05, 4.69) is 79.9 Å². The van der Waals surface area contributed by atoms with Crippen LogP contribution in [0, 0.1) is 0 Å². The Morgan fingerprint density at radius 2 is 0.854 bits per heavy atom. The summed E-state index contributed by atoms with van der Waals surface area (Å²) in [5.41, 5.74) is 0. The van der Waals surface area contributed by atoms with Crippen molar-refractivity contribution in [3.8, 4) is 0 Å². The SMILES string of the molecule is CC/C=C\C/C=C\C/C=C\C/C=C\CCCCC(=O)NC(COC1OC(CO)C(OC2OC(CO)C(O)C(O)C2O)C(O)C1O)C(O)/C=C/CC/C=C/CCCCCCCCCCCCCCCCCCCCCCCCCCCCC. The second-order valence-corrected chi connectivity index (χ2v) is 23.2. The second-order valence-electron chi connectivity index (χ2n) is 23.2. The second kappa shape index (κ2) is 52.7. The molecule has 0 radical (unpaired) electrons. The van der Waals surface area contributed by atoms with Crippen molar-refractivity contribution < 1.29 is 64.6 Å². The molecule has 0 spiro atoms. The third kappa shape index (κ3) is 37.1. The highest BCUT2D eigenvalue weighted by molar-refractivity contribution is 5.76. The Kier molecular flexibility index (Phi) is 48.6. The van der Waals surface area contributed by atoms with Crippen molar-refractivity contribution in [2.24, 2.45) is 0 Å². The Bertz CT molecular complexity index is 1650. The van der Waals surface area contributed by atoms with E-state index < -0.39 is 86.8 Å². The molecule has 1 amide bonds. The van der Waals surface area contributed by atoms with Crippen LogP contribution in [0.3, 0.4) is 0 Å². The molecule has 0 saturated carbocycles. The third-order valence-corrected chi connectivity index (χ3v) is 15.9. The van der Waals surface area contributed by atoms with Crippen molar-refractivity contribution in [1.82, 2.24) is 5.32 Å². The monoisotopic (exact) mass is 1160 g/mol. The zero-order valence-electron chi connectivity index (χ0n) is 51.5. The highest BCUT2D eigenvalue weighted by Gasteiger charge is 2.51. The van der Waals surface area contributed by atoms with Crippen LogP contribution in [-0.2, 0) is 23.7 Å². The van der Waals surface area contributed by atoms with E-state index in [1.165, 1.54) is 173 Å². The number of aliphatic hydroxyl groups excluding tert-OH is 8. The van der Waals surface area contributed by atoms with Gasteiger partial charge in [0.25, 0.3) is 0 Å². The smallest absolute Gasteiger partial charge is 0.220 e. The number of aliphatic hydroxyl groups is 8. The number of allylic oxidation sites excluding steroid dienone is 11. The highest BCUT2D eigenvalue weighted by atomic mass is 16.7. The summed E-state index contributed by atoms with van der Waals surface area (Å²) in [5, 5.41) is 87.1. The van der Waals surface area contributed by atoms with Crippen LogP contribution in [0.15, 0.2) is 72.9 Å². The zero-order chi connectivity index (χ0) is 59.5. The van der Waals surface area contributed by atoms with Gasteiger partial charge in [-0.05, 0) is 70.6 Å². The summed E-state index contributed by atoms with van der Waals surface area (Å²) in [6.07, 6.45) is 54.2. The van der Waals surface area contributed by atoms with E-state index in [0.29, 0.717) is 12.8 Å². The van der Waals surface area contributed by atoms with E-state index in [0.717, 1.165) is 51.4 Å². The van der Waals surface area contributed by atoms with Gasteiger partial charge in [0.1, 0.15) is 48.8 Å². The molecule has 2 rings (SSSR count). The lowest BCUT2D eigenvalue weighted by Gasteiger charge is -2.46. The fourth-order valence-corrected chi connectivity index (χ4v) is 10.6. The first-order valence-corrected chi connectivity index (χ1v) is 33.2. The Morgan fingerprint density at radius 3 is 1.34 bits per heavy atom. The lowest BCUT2D eigenvalue weighted by atomic mass is 9.97. The molecule has 0 aromatic rings. The fourth-order valence-electron chi connectivity index (χ4n) is 10.6. The Labute approximate surface area is 498 Å². The first kappa shape index (κ1) is 75.5. The normalized spacial score (nSPS) is 24.4. The maximum absolute atomic E-state index is 13.2. The minimum Gasteiger partial charge on any atom is -0.394 e. The minimum absolute atomic E-state index is 0.218. The lowest BCUT2D eigenvalue weighted by Crippen LogP contribution is -2.65. The maximum Gasteiger partial charge on any atom is 0.220 e. The summed E-state index contributed by atoms with van der Waals surface area (Å²) in [5.74, 6) is -0.290. The predicted molar refractivity (Wildman–Crippen MR) is 332 cm³/mol. The van der Waals surface area contributed by atoms with Crippen molar-refractivity contribution in [2.75, 3.05) is 19.8 Å². The average molecular weight is 1160 g/mol. The van der Waals surface area contributed by atoms with E-state index in [9.17, 15) is 45.6 Å². The number of ether oxygens (including phenoxy) is 4. The number of nitrogens with one attached hydrogen (secondary N) is 1. The van der Waals surface area contributed by atoms with Gasteiger partial charge in [-0.15, -0.1) is 0 Å². The van der Waals surface area contributed by atoms with Crippen molar-refractivity contribution in [3.63, 3.8) is 0 Å². The highest BCUT2D eigenvalue weighted by Crippen LogP contribution is 2.30. The van der Waals surface area contributed by atoms with Crippen LogP contribution in [0.4, 0.5) is 0 Å². The molecule has 12 unspecified atom stereocenters. The zero-order valence-corrected chi connectivity index (χ0v) is 51.5. The van der Waals surface area contributed by atoms with Crippen LogP contribution in [0.5, 0.6) is 0 Å². The number of carbonyl (C=O) groups is 1. The summed E-state index contributed by atoms with van der Waals surface area (Å²) >= 11 is 0. The van der Waals surface area contributed by atoms with E-state index >= 15 is 0 Å². The molecule has 476 valence electrons. The van der Waals surface area contributed by atoms with E-state index in [1.54, 1.807) is 6.08 Å². The summed E-state index contributed by atoms with van der Waals surface area (Å²) in [6.45, 7) is 2.65. The van der Waals surface area contributed by atoms with Crippen LogP contribution in [0.2, 0.25) is 0 Å². The van der Waals surface area contributed by atoms with Gasteiger partial charge in [-0.3, -0.25) is 4.79 Å². The van der Waals surface area contributed by atoms with Gasteiger partial charge in [-0.25, -0.2) is 0 Å². The molecule has 14 heteroatoms. The minimum atomic E-state index is -1.80. The topological polar surface area (TPSA) is 228 Å². The number of rotatable bonds is 53. The van der Waals surface area contributed by atoms with Crippen molar-refractivity contribution in [1.29, 1.82) is 0 Å². The van der Waals surface area contributed by atoms with E-state index in [1.807, 2.05) is 6.08 Å².